The fourth-order valence-electron chi connectivity index (χ4n) is 2.46. The van der Waals surface area contributed by atoms with E-state index in [9.17, 15) is 4.79 Å². The number of carbonyl (C=O) groups excluding carboxylic acids is 1. The molecule has 1 N–H and O–H groups in total. The fraction of sp³-hybridized carbons (Fsp3) is 0.250. The predicted octanol–water partition coefficient (Wildman–Crippen LogP) is 3.60. The maximum Gasteiger partial charge on any atom is 0.318 e. The highest BCUT2D eigenvalue weighted by atomic mass is 16.5. The van der Waals surface area contributed by atoms with Gasteiger partial charge in [0.1, 0.15) is 11.5 Å². The standard InChI is InChI=1S/C20H24N2O3/c1-4-12-22(15-16-8-6-5-7-9-16)20(23)21-14-17-10-11-18(24-2)13-19(17)25-3/h4-11,13H,1,12,14-15H2,2-3H3,(H,21,23). The van der Waals surface area contributed by atoms with Crippen LogP contribution in [-0.2, 0) is 13.1 Å². The van der Waals surface area contributed by atoms with Crippen LogP contribution in [-0.4, -0.2) is 31.7 Å². The van der Waals surface area contributed by atoms with E-state index in [0.717, 1.165) is 11.1 Å². The smallest absolute Gasteiger partial charge is 0.318 e. The molecule has 0 saturated heterocycles. The van der Waals surface area contributed by atoms with Gasteiger partial charge in [0.2, 0.25) is 0 Å². The van der Waals surface area contributed by atoms with Gasteiger partial charge in [0.05, 0.1) is 14.2 Å². The van der Waals surface area contributed by atoms with Crippen LogP contribution in [0.4, 0.5) is 4.79 Å². The van der Waals surface area contributed by atoms with Gasteiger partial charge in [-0.25, -0.2) is 4.79 Å². The molecule has 0 radical (unpaired) electrons. The zero-order chi connectivity index (χ0) is 18.1. The van der Waals surface area contributed by atoms with Crippen molar-refractivity contribution in [2.24, 2.45) is 0 Å². The molecule has 2 aromatic carbocycles. The Morgan fingerprint density at radius 3 is 2.56 bits per heavy atom. The lowest BCUT2D eigenvalue weighted by molar-refractivity contribution is 0.200. The summed E-state index contributed by atoms with van der Waals surface area (Å²) in [5.41, 5.74) is 1.96. The van der Waals surface area contributed by atoms with Crippen LogP contribution >= 0.6 is 0 Å². The molecule has 2 aromatic rings. The number of urea groups is 1. The first kappa shape index (κ1) is 18.4. The van der Waals surface area contributed by atoms with Crippen LogP contribution in [0.25, 0.3) is 0 Å². The minimum absolute atomic E-state index is 0.151. The third kappa shape index (κ3) is 5.28. The van der Waals surface area contributed by atoms with E-state index < -0.39 is 0 Å². The van der Waals surface area contributed by atoms with Gasteiger partial charge in [0, 0.05) is 31.3 Å². The number of benzene rings is 2. The second-order valence-electron chi connectivity index (χ2n) is 5.49. The Balaban J connectivity index is 2.02. The Labute approximate surface area is 148 Å². The van der Waals surface area contributed by atoms with Crippen molar-refractivity contribution in [2.75, 3.05) is 20.8 Å². The third-order valence-corrected chi connectivity index (χ3v) is 3.78. The van der Waals surface area contributed by atoms with Crippen LogP contribution in [0.15, 0.2) is 61.2 Å². The summed E-state index contributed by atoms with van der Waals surface area (Å²) < 4.78 is 10.5. The average molecular weight is 340 g/mol. The van der Waals surface area contributed by atoms with Crippen LogP contribution in [0.2, 0.25) is 0 Å². The Bertz CT molecular complexity index is 701. The lowest BCUT2D eigenvalue weighted by atomic mass is 10.2. The molecule has 2 rings (SSSR count). The molecular formula is C20H24N2O3. The summed E-state index contributed by atoms with van der Waals surface area (Å²) in [6.45, 7) is 5.10. The molecule has 25 heavy (non-hydrogen) atoms. The van der Waals surface area contributed by atoms with Gasteiger partial charge in [0.25, 0.3) is 0 Å². The molecule has 0 atom stereocenters. The van der Waals surface area contributed by atoms with E-state index in [1.54, 1.807) is 31.3 Å². The zero-order valence-electron chi connectivity index (χ0n) is 14.7. The van der Waals surface area contributed by atoms with Crippen LogP contribution in [0.3, 0.4) is 0 Å². The van der Waals surface area contributed by atoms with Crippen molar-refractivity contribution >= 4 is 6.03 Å². The van der Waals surface area contributed by atoms with E-state index in [0.29, 0.717) is 31.1 Å². The minimum Gasteiger partial charge on any atom is -0.497 e. The second-order valence-corrected chi connectivity index (χ2v) is 5.49. The predicted molar refractivity (Wildman–Crippen MR) is 98.8 cm³/mol. The summed E-state index contributed by atoms with van der Waals surface area (Å²) >= 11 is 0. The monoisotopic (exact) mass is 340 g/mol. The van der Waals surface area contributed by atoms with Crippen LogP contribution in [0.5, 0.6) is 11.5 Å². The zero-order valence-corrected chi connectivity index (χ0v) is 14.7. The van der Waals surface area contributed by atoms with Crippen molar-refractivity contribution in [2.45, 2.75) is 13.1 Å². The summed E-state index contributed by atoms with van der Waals surface area (Å²) in [5, 5.41) is 2.93. The van der Waals surface area contributed by atoms with Gasteiger partial charge in [-0.1, -0.05) is 36.4 Å². The van der Waals surface area contributed by atoms with Gasteiger partial charge in [-0.3, -0.25) is 0 Å². The van der Waals surface area contributed by atoms with Crippen molar-refractivity contribution in [3.05, 3.63) is 72.3 Å². The molecule has 0 bridgehead atoms. The van der Waals surface area contributed by atoms with E-state index in [4.69, 9.17) is 9.47 Å². The summed E-state index contributed by atoms with van der Waals surface area (Å²) in [6.07, 6.45) is 1.72. The van der Waals surface area contributed by atoms with Crippen LogP contribution < -0.4 is 14.8 Å². The van der Waals surface area contributed by atoms with E-state index in [1.807, 2.05) is 42.5 Å². The molecule has 0 spiro atoms. The largest absolute Gasteiger partial charge is 0.497 e. The first-order valence-corrected chi connectivity index (χ1v) is 8.06. The highest BCUT2D eigenvalue weighted by Gasteiger charge is 2.13. The van der Waals surface area contributed by atoms with Crippen molar-refractivity contribution in [3.8, 4) is 11.5 Å². The van der Waals surface area contributed by atoms with Crippen LogP contribution in [0.1, 0.15) is 11.1 Å². The van der Waals surface area contributed by atoms with Crippen molar-refractivity contribution in [3.63, 3.8) is 0 Å². The molecule has 5 nitrogen and oxygen atoms in total. The summed E-state index contributed by atoms with van der Waals surface area (Å²) in [5.74, 6) is 1.39. The minimum atomic E-state index is -0.151. The average Bonchev–Trinajstić information content (AvgIpc) is 2.66. The molecule has 5 heteroatoms. The number of rotatable bonds is 8. The molecule has 2 amide bonds. The number of nitrogens with zero attached hydrogens (tertiary/aromatic N) is 1. The maximum atomic E-state index is 12.5. The van der Waals surface area contributed by atoms with Crippen molar-refractivity contribution < 1.29 is 14.3 Å². The summed E-state index contributed by atoms with van der Waals surface area (Å²) in [4.78, 5) is 14.2. The number of carbonyl (C=O) groups is 1. The number of methoxy groups -OCH3 is 2. The molecule has 0 aromatic heterocycles. The first-order valence-electron chi connectivity index (χ1n) is 8.06. The SMILES string of the molecule is C=CCN(Cc1ccccc1)C(=O)NCc1ccc(OC)cc1OC. The Morgan fingerprint density at radius 2 is 1.92 bits per heavy atom. The van der Waals surface area contributed by atoms with Gasteiger partial charge in [-0.05, 0) is 17.7 Å². The number of ether oxygens (including phenoxy) is 2. The van der Waals surface area contributed by atoms with Gasteiger partial charge in [0.15, 0.2) is 0 Å². The summed E-state index contributed by atoms with van der Waals surface area (Å²) in [7, 11) is 3.20. The number of nitrogens with one attached hydrogen (secondary N) is 1. The Morgan fingerprint density at radius 1 is 1.16 bits per heavy atom. The van der Waals surface area contributed by atoms with E-state index in [2.05, 4.69) is 11.9 Å². The van der Waals surface area contributed by atoms with E-state index >= 15 is 0 Å². The van der Waals surface area contributed by atoms with Crippen LogP contribution in [0, 0.1) is 0 Å². The molecule has 0 unspecified atom stereocenters. The normalized spacial score (nSPS) is 10.0. The Hall–Kier alpha value is -2.95. The molecule has 0 aliphatic rings. The third-order valence-electron chi connectivity index (χ3n) is 3.78. The van der Waals surface area contributed by atoms with Gasteiger partial charge < -0.3 is 19.7 Å². The number of hydrogen-bond donors (Lipinski definition) is 1. The molecular weight excluding hydrogens is 316 g/mol. The molecule has 0 saturated carbocycles. The molecule has 0 fully saturated rings. The lowest BCUT2D eigenvalue weighted by Gasteiger charge is -2.22. The van der Waals surface area contributed by atoms with Gasteiger partial charge >= 0.3 is 6.03 Å². The second kappa shape index (κ2) is 9.37. The Kier molecular flexibility index (Phi) is 6.89. The maximum absolute atomic E-state index is 12.5. The molecule has 0 heterocycles. The van der Waals surface area contributed by atoms with Crippen molar-refractivity contribution in [1.29, 1.82) is 0 Å². The highest BCUT2D eigenvalue weighted by Crippen LogP contribution is 2.24. The number of hydrogen-bond acceptors (Lipinski definition) is 3. The van der Waals surface area contributed by atoms with Gasteiger partial charge in [-0.2, -0.15) is 0 Å². The van der Waals surface area contributed by atoms with Crippen molar-refractivity contribution in [1.82, 2.24) is 10.2 Å². The van der Waals surface area contributed by atoms with E-state index in [1.165, 1.54) is 0 Å². The summed E-state index contributed by atoms with van der Waals surface area (Å²) in [6, 6.07) is 15.2. The lowest BCUT2D eigenvalue weighted by Crippen LogP contribution is -2.39. The molecule has 0 aliphatic heterocycles. The topological polar surface area (TPSA) is 50.8 Å². The van der Waals surface area contributed by atoms with Gasteiger partial charge in [-0.15, -0.1) is 6.58 Å². The first-order chi connectivity index (χ1) is 12.2. The van der Waals surface area contributed by atoms with E-state index in [-0.39, 0.29) is 6.03 Å². The fourth-order valence-corrected chi connectivity index (χ4v) is 2.46. The molecule has 0 aliphatic carbocycles. The quantitative estimate of drug-likeness (QED) is 0.747. The highest BCUT2D eigenvalue weighted by molar-refractivity contribution is 5.74. The number of amides is 2. The molecule has 132 valence electrons.